The first-order chi connectivity index (χ1) is 8.84. The first-order valence-electron chi connectivity index (χ1n) is 6.78. The van der Waals surface area contributed by atoms with Gasteiger partial charge in [-0.3, -0.25) is 0 Å². The van der Waals surface area contributed by atoms with E-state index in [1.54, 1.807) is 11.1 Å². The molecular weight excluding hydrogens is 218 g/mol. The van der Waals surface area contributed by atoms with Crippen molar-refractivity contribution in [3.05, 3.63) is 58.7 Å². The van der Waals surface area contributed by atoms with Crippen molar-refractivity contribution >= 4 is 0 Å². The van der Waals surface area contributed by atoms with Crippen molar-refractivity contribution in [3.8, 4) is 11.1 Å². The number of fused-ring (bicyclic) bond motifs is 2. The summed E-state index contributed by atoms with van der Waals surface area (Å²) in [4.78, 5) is 0. The summed E-state index contributed by atoms with van der Waals surface area (Å²) in [5, 5.41) is 3.68. The Balaban J connectivity index is 2.06. The van der Waals surface area contributed by atoms with Gasteiger partial charge in [-0.1, -0.05) is 36.4 Å². The highest BCUT2D eigenvalue weighted by Crippen LogP contribution is 2.43. The Labute approximate surface area is 108 Å². The predicted octanol–water partition coefficient (Wildman–Crippen LogP) is 3.40. The van der Waals surface area contributed by atoms with Gasteiger partial charge in [-0.05, 0) is 59.7 Å². The van der Waals surface area contributed by atoms with Gasteiger partial charge in [-0.2, -0.15) is 0 Å². The Morgan fingerprint density at radius 3 is 2.83 bits per heavy atom. The summed E-state index contributed by atoms with van der Waals surface area (Å²) in [6.07, 6.45) is 2.31. The molecule has 1 aliphatic heterocycles. The Bertz CT molecular complexity index is 628. The third-order valence-corrected chi connectivity index (χ3v) is 4.38. The van der Waals surface area contributed by atoms with E-state index in [9.17, 15) is 0 Å². The molecule has 0 bridgehead atoms. The molecule has 1 aliphatic carbocycles. The lowest BCUT2D eigenvalue weighted by atomic mass is 9.77. The standard InChI is InChI=1S/C17H17N/c1-11-4-2-6-13-10-15-17-12(8-9-18-15)5-3-7-14(17)16(11)13/h2-7,15,18H,8-10H2,1H3. The minimum atomic E-state index is 0.527. The van der Waals surface area contributed by atoms with E-state index in [1.807, 2.05) is 0 Å². The van der Waals surface area contributed by atoms with E-state index in [2.05, 4.69) is 48.6 Å². The predicted molar refractivity (Wildman–Crippen MR) is 74.8 cm³/mol. The lowest BCUT2D eigenvalue weighted by molar-refractivity contribution is 0.499. The molecule has 1 heterocycles. The highest BCUT2D eigenvalue weighted by Gasteiger charge is 2.29. The summed E-state index contributed by atoms with van der Waals surface area (Å²) < 4.78 is 0. The van der Waals surface area contributed by atoms with Crippen LogP contribution < -0.4 is 5.32 Å². The molecule has 0 fully saturated rings. The van der Waals surface area contributed by atoms with E-state index in [4.69, 9.17) is 0 Å². The number of hydrogen-bond donors (Lipinski definition) is 1. The van der Waals surface area contributed by atoms with Crippen LogP contribution in [0.3, 0.4) is 0 Å². The van der Waals surface area contributed by atoms with Crippen molar-refractivity contribution in [3.63, 3.8) is 0 Å². The van der Waals surface area contributed by atoms with Crippen LogP contribution in [0.2, 0.25) is 0 Å². The molecule has 0 spiro atoms. The number of nitrogens with one attached hydrogen (secondary N) is 1. The Hall–Kier alpha value is -1.60. The molecule has 2 aliphatic rings. The van der Waals surface area contributed by atoms with E-state index in [1.165, 1.54) is 28.7 Å². The molecule has 90 valence electrons. The molecule has 0 aromatic heterocycles. The van der Waals surface area contributed by atoms with Crippen LogP contribution >= 0.6 is 0 Å². The average molecular weight is 235 g/mol. The van der Waals surface area contributed by atoms with Gasteiger partial charge in [0.1, 0.15) is 0 Å². The van der Waals surface area contributed by atoms with Gasteiger partial charge < -0.3 is 5.32 Å². The molecule has 0 saturated heterocycles. The van der Waals surface area contributed by atoms with Crippen LogP contribution in [0.1, 0.15) is 28.3 Å². The zero-order chi connectivity index (χ0) is 12.1. The van der Waals surface area contributed by atoms with Crippen LogP contribution in [0.15, 0.2) is 36.4 Å². The highest BCUT2D eigenvalue weighted by molar-refractivity contribution is 5.78. The maximum atomic E-state index is 3.68. The molecule has 1 unspecified atom stereocenters. The number of benzene rings is 2. The molecule has 0 radical (unpaired) electrons. The summed E-state index contributed by atoms with van der Waals surface area (Å²) >= 11 is 0. The van der Waals surface area contributed by atoms with Crippen molar-refractivity contribution in [2.45, 2.75) is 25.8 Å². The van der Waals surface area contributed by atoms with Crippen molar-refractivity contribution < 1.29 is 0 Å². The SMILES string of the molecule is Cc1cccc2c1-c1cccc3c1C(C2)NCC3. The number of aryl methyl sites for hydroxylation is 1. The van der Waals surface area contributed by atoms with Crippen molar-refractivity contribution in [2.24, 2.45) is 0 Å². The monoisotopic (exact) mass is 235 g/mol. The number of rotatable bonds is 0. The van der Waals surface area contributed by atoms with E-state index < -0.39 is 0 Å². The van der Waals surface area contributed by atoms with Crippen molar-refractivity contribution in [2.75, 3.05) is 6.54 Å². The topological polar surface area (TPSA) is 12.0 Å². The summed E-state index contributed by atoms with van der Waals surface area (Å²) in [5.41, 5.74) is 8.96. The normalized spacial score (nSPS) is 20.2. The largest absolute Gasteiger partial charge is 0.309 e. The van der Waals surface area contributed by atoms with Crippen LogP contribution in [0.4, 0.5) is 0 Å². The average Bonchev–Trinajstić information content (AvgIpc) is 2.39. The molecular formula is C17H17N. The Morgan fingerprint density at radius 1 is 1.06 bits per heavy atom. The van der Waals surface area contributed by atoms with Crippen LogP contribution in [-0.4, -0.2) is 6.54 Å². The summed E-state index contributed by atoms with van der Waals surface area (Å²) in [5.74, 6) is 0. The van der Waals surface area contributed by atoms with Gasteiger partial charge >= 0.3 is 0 Å². The highest BCUT2D eigenvalue weighted by atomic mass is 14.9. The summed E-state index contributed by atoms with van der Waals surface area (Å²) in [7, 11) is 0. The van der Waals surface area contributed by atoms with Gasteiger partial charge in [0.2, 0.25) is 0 Å². The summed E-state index contributed by atoms with van der Waals surface area (Å²) in [6, 6.07) is 14.0. The van der Waals surface area contributed by atoms with Crippen LogP contribution in [0, 0.1) is 6.92 Å². The van der Waals surface area contributed by atoms with Crippen LogP contribution in [-0.2, 0) is 12.8 Å². The maximum absolute atomic E-state index is 3.68. The molecule has 0 amide bonds. The zero-order valence-electron chi connectivity index (χ0n) is 10.7. The quantitative estimate of drug-likeness (QED) is 0.738. The fourth-order valence-electron chi connectivity index (χ4n) is 3.62. The second kappa shape index (κ2) is 3.69. The molecule has 2 aromatic carbocycles. The summed E-state index contributed by atoms with van der Waals surface area (Å²) in [6.45, 7) is 3.34. The lowest BCUT2D eigenvalue weighted by Gasteiger charge is -2.34. The lowest BCUT2D eigenvalue weighted by Crippen LogP contribution is -2.33. The first kappa shape index (κ1) is 10.3. The molecule has 1 N–H and O–H groups in total. The van der Waals surface area contributed by atoms with E-state index >= 15 is 0 Å². The van der Waals surface area contributed by atoms with E-state index in [0.717, 1.165) is 13.0 Å². The van der Waals surface area contributed by atoms with Gasteiger partial charge in [0, 0.05) is 6.04 Å². The Morgan fingerprint density at radius 2 is 1.89 bits per heavy atom. The second-order valence-corrected chi connectivity index (χ2v) is 5.45. The smallest absolute Gasteiger partial charge is 0.0370 e. The van der Waals surface area contributed by atoms with Crippen LogP contribution in [0.25, 0.3) is 11.1 Å². The zero-order valence-corrected chi connectivity index (χ0v) is 10.7. The second-order valence-electron chi connectivity index (χ2n) is 5.45. The fraction of sp³-hybridized carbons (Fsp3) is 0.294. The third-order valence-electron chi connectivity index (χ3n) is 4.38. The molecule has 1 nitrogen and oxygen atoms in total. The molecule has 4 rings (SSSR count). The maximum Gasteiger partial charge on any atom is 0.0370 e. The minimum absolute atomic E-state index is 0.527. The Kier molecular flexibility index (Phi) is 2.12. The van der Waals surface area contributed by atoms with Gasteiger partial charge in [0.15, 0.2) is 0 Å². The van der Waals surface area contributed by atoms with Gasteiger partial charge in [0.25, 0.3) is 0 Å². The molecule has 2 aromatic rings. The van der Waals surface area contributed by atoms with Crippen molar-refractivity contribution in [1.29, 1.82) is 0 Å². The van der Waals surface area contributed by atoms with Gasteiger partial charge in [-0.15, -0.1) is 0 Å². The first-order valence-corrected chi connectivity index (χ1v) is 6.78. The van der Waals surface area contributed by atoms with E-state index in [-0.39, 0.29) is 0 Å². The minimum Gasteiger partial charge on any atom is -0.309 e. The van der Waals surface area contributed by atoms with E-state index in [0.29, 0.717) is 6.04 Å². The fourth-order valence-corrected chi connectivity index (χ4v) is 3.62. The molecule has 18 heavy (non-hydrogen) atoms. The van der Waals surface area contributed by atoms with Gasteiger partial charge in [-0.25, -0.2) is 0 Å². The molecule has 1 atom stereocenters. The number of hydrogen-bond acceptors (Lipinski definition) is 1. The molecule has 1 heteroatoms. The van der Waals surface area contributed by atoms with Gasteiger partial charge in [0.05, 0.1) is 0 Å². The molecule has 0 saturated carbocycles. The third kappa shape index (κ3) is 1.31. The van der Waals surface area contributed by atoms with Crippen LogP contribution in [0.5, 0.6) is 0 Å². The van der Waals surface area contributed by atoms with Crippen molar-refractivity contribution in [1.82, 2.24) is 5.32 Å².